The smallest absolute Gasteiger partial charge is 0.0555 e. The maximum atomic E-state index is 2.54. The van der Waals surface area contributed by atoms with Gasteiger partial charge < -0.3 is 9.47 Å². The Labute approximate surface area is 298 Å². The summed E-state index contributed by atoms with van der Waals surface area (Å²) >= 11 is 1.87. The molecule has 3 heteroatoms. The summed E-state index contributed by atoms with van der Waals surface area (Å²) in [5, 5.41) is 12.5. The second-order valence-electron chi connectivity index (χ2n) is 13.3. The third kappa shape index (κ3) is 4.22. The number of fused-ring (bicyclic) bond motifs is 11. The average Bonchev–Trinajstić information content (AvgIpc) is 3.74. The van der Waals surface area contributed by atoms with Crippen LogP contribution in [0.25, 0.3) is 80.0 Å². The predicted molar refractivity (Wildman–Crippen MR) is 221 cm³/mol. The van der Waals surface area contributed by atoms with Crippen LogP contribution in [0.3, 0.4) is 0 Å². The van der Waals surface area contributed by atoms with Crippen LogP contribution in [0.1, 0.15) is 0 Å². The zero-order valence-corrected chi connectivity index (χ0v) is 28.4. The highest BCUT2D eigenvalue weighted by atomic mass is 32.1. The molecule has 2 heterocycles. The molecule has 11 aromatic rings. The molecule has 11 rings (SSSR count). The molecule has 0 spiro atoms. The fourth-order valence-corrected chi connectivity index (χ4v) is 9.47. The van der Waals surface area contributed by atoms with Gasteiger partial charge in [-0.2, -0.15) is 0 Å². The Hall–Kier alpha value is -6.42. The van der Waals surface area contributed by atoms with Crippen molar-refractivity contribution in [3.05, 3.63) is 182 Å². The molecule has 51 heavy (non-hydrogen) atoms. The Morgan fingerprint density at radius 2 is 1.06 bits per heavy atom. The topological polar surface area (TPSA) is 8.17 Å². The summed E-state index contributed by atoms with van der Waals surface area (Å²) in [5.74, 6) is 0. The molecule has 0 N–H and O–H groups in total. The molecule has 0 aliphatic rings. The molecule has 0 unspecified atom stereocenters. The highest BCUT2D eigenvalue weighted by molar-refractivity contribution is 7.26. The van der Waals surface area contributed by atoms with E-state index in [1.54, 1.807) is 0 Å². The van der Waals surface area contributed by atoms with Gasteiger partial charge in [-0.25, -0.2) is 0 Å². The van der Waals surface area contributed by atoms with Gasteiger partial charge in [0.2, 0.25) is 0 Å². The number of nitrogens with zero attached hydrogens (tertiary/aromatic N) is 2. The Bertz CT molecular complexity index is 3150. The highest BCUT2D eigenvalue weighted by Gasteiger charge is 2.23. The van der Waals surface area contributed by atoms with Crippen molar-refractivity contribution in [1.29, 1.82) is 0 Å². The molecule has 238 valence electrons. The maximum Gasteiger partial charge on any atom is 0.0555 e. The van der Waals surface area contributed by atoms with Gasteiger partial charge in [0.15, 0.2) is 0 Å². The summed E-state index contributed by atoms with van der Waals surface area (Å²) < 4.78 is 4.98. The summed E-state index contributed by atoms with van der Waals surface area (Å²) in [7, 11) is 0. The first-order valence-electron chi connectivity index (χ1n) is 17.4. The van der Waals surface area contributed by atoms with Crippen LogP contribution in [0.5, 0.6) is 0 Å². The number of hydrogen-bond donors (Lipinski definition) is 0. The number of aromatic nitrogens is 1. The molecule has 0 bridgehead atoms. The number of rotatable bonds is 4. The number of thiophene rings is 1. The molecule has 9 aromatic carbocycles. The first-order chi connectivity index (χ1) is 25.3. The van der Waals surface area contributed by atoms with Crippen LogP contribution in [0.15, 0.2) is 182 Å². The van der Waals surface area contributed by atoms with E-state index in [1.807, 2.05) is 11.3 Å². The van der Waals surface area contributed by atoms with Crippen LogP contribution in [0, 0.1) is 0 Å². The molecular formula is C48H30N2S. The van der Waals surface area contributed by atoms with Crippen LogP contribution in [-0.4, -0.2) is 4.57 Å². The lowest BCUT2D eigenvalue weighted by Gasteiger charge is -2.29. The molecule has 0 saturated heterocycles. The fourth-order valence-electron chi connectivity index (χ4n) is 8.34. The summed E-state index contributed by atoms with van der Waals surface area (Å²) in [5.41, 5.74) is 7.05. The van der Waals surface area contributed by atoms with Crippen molar-refractivity contribution in [2.45, 2.75) is 0 Å². The summed E-state index contributed by atoms with van der Waals surface area (Å²) in [6.07, 6.45) is 0. The Morgan fingerprint density at radius 3 is 1.94 bits per heavy atom. The van der Waals surface area contributed by atoms with Crippen molar-refractivity contribution in [3.63, 3.8) is 0 Å². The van der Waals surface area contributed by atoms with Crippen LogP contribution in [0.4, 0.5) is 17.1 Å². The first kappa shape index (κ1) is 28.4. The van der Waals surface area contributed by atoms with Gasteiger partial charge in [0.1, 0.15) is 0 Å². The molecule has 2 aromatic heterocycles. The van der Waals surface area contributed by atoms with Crippen LogP contribution in [0.2, 0.25) is 0 Å². The summed E-state index contributed by atoms with van der Waals surface area (Å²) in [6, 6.07) is 66.9. The van der Waals surface area contributed by atoms with E-state index in [1.165, 1.54) is 85.7 Å². The minimum atomic E-state index is 1.13. The molecule has 0 aliphatic heterocycles. The maximum absolute atomic E-state index is 2.54. The van der Waals surface area contributed by atoms with E-state index in [0.29, 0.717) is 0 Å². The Kier molecular flexibility index (Phi) is 6.16. The van der Waals surface area contributed by atoms with E-state index in [9.17, 15) is 0 Å². The lowest BCUT2D eigenvalue weighted by Crippen LogP contribution is -2.11. The number of anilines is 3. The number of hydrogen-bond acceptors (Lipinski definition) is 2. The largest absolute Gasteiger partial charge is 0.309 e. The van der Waals surface area contributed by atoms with Crippen molar-refractivity contribution in [3.8, 4) is 5.69 Å². The van der Waals surface area contributed by atoms with Gasteiger partial charge in [-0.05, 0) is 87.6 Å². The zero-order valence-electron chi connectivity index (χ0n) is 27.6. The van der Waals surface area contributed by atoms with E-state index in [-0.39, 0.29) is 0 Å². The van der Waals surface area contributed by atoms with Gasteiger partial charge in [-0.3, -0.25) is 0 Å². The van der Waals surface area contributed by atoms with Crippen LogP contribution < -0.4 is 4.90 Å². The second kappa shape index (κ2) is 11.0. The lowest BCUT2D eigenvalue weighted by molar-refractivity contribution is 1.18. The Balaban J connectivity index is 1.30. The number of para-hydroxylation sites is 2. The standard InChI is InChI=1S/C48H30N2S/c1-2-15-33(16-3-1)49-41-21-10-8-19-37(41)40-30-34(26-28-42(40)49)50(43-22-12-24-46-48(43)39-20-9-11-23-45(39)51-46)44-29-32-14-5-6-17-35(32)38-27-25-31-13-4-7-18-36(31)47(38)44/h1-30H. The van der Waals surface area contributed by atoms with E-state index >= 15 is 0 Å². The van der Waals surface area contributed by atoms with Gasteiger partial charge in [0, 0.05) is 47.7 Å². The van der Waals surface area contributed by atoms with Gasteiger partial charge >= 0.3 is 0 Å². The van der Waals surface area contributed by atoms with E-state index in [0.717, 1.165) is 11.4 Å². The van der Waals surface area contributed by atoms with Crippen molar-refractivity contribution >= 4 is 103 Å². The predicted octanol–water partition coefficient (Wildman–Crippen LogP) is 14.1. The number of benzene rings is 9. The van der Waals surface area contributed by atoms with Gasteiger partial charge in [0.25, 0.3) is 0 Å². The summed E-state index contributed by atoms with van der Waals surface area (Å²) in [4.78, 5) is 2.54. The van der Waals surface area contributed by atoms with Crippen molar-refractivity contribution < 1.29 is 0 Å². The highest BCUT2D eigenvalue weighted by Crippen LogP contribution is 2.49. The van der Waals surface area contributed by atoms with Gasteiger partial charge in [-0.15, -0.1) is 11.3 Å². The third-order valence-corrected chi connectivity index (χ3v) is 11.7. The second-order valence-corrected chi connectivity index (χ2v) is 14.4. The molecule has 0 atom stereocenters. The fraction of sp³-hybridized carbons (Fsp3) is 0. The quantitative estimate of drug-likeness (QED) is 0.170. The van der Waals surface area contributed by atoms with Gasteiger partial charge in [0.05, 0.1) is 22.4 Å². The zero-order chi connectivity index (χ0) is 33.5. The molecule has 2 nitrogen and oxygen atoms in total. The molecule has 0 amide bonds. The SMILES string of the molecule is c1ccc(-n2c3ccccc3c3cc(N(c4cccc5sc6ccccc6c45)c4cc5ccccc5c5ccc6ccccc6c45)ccc32)cc1. The summed E-state index contributed by atoms with van der Waals surface area (Å²) in [6.45, 7) is 0. The average molecular weight is 667 g/mol. The van der Waals surface area contributed by atoms with Crippen LogP contribution in [-0.2, 0) is 0 Å². The monoisotopic (exact) mass is 666 g/mol. The molecule has 0 aliphatic carbocycles. The minimum absolute atomic E-state index is 1.13. The third-order valence-electron chi connectivity index (χ3n) is 10.5. The van der Waals surface area contributed by atoms with E-state index in [4.69, 9.17) is 0 Å². The molecule has 0 saturated carbocycles. The van der Waals surface area contributed by atoms with Crippen molar-refractivity contribution in [2.75, 3.05) is 4.90 Å². The first-order valence-corrected chi connectivity index (χ1v) is 18.3. The van der Waals surface area contributed by atoms with Crippen molar-refractivity contribution in [1.82, 2.24) is 4.57 Å². The molecule has 0 radical (unpaired) electrons. The van der Waals surface area contributed by atoms with Gasteiger partial charge in [-0.1, -0.05) is 121 Å². The van der Waals surface area contributed by atoms with Crippen LogP contribution >= 0.6 is 11.3 Å². The van der Waals surface area contributed by atoms with E-state index in [2.05, 4.69) is 191 Å². The van der Waals surface area contributed by atoms with Crippen molar-refractivity contribution in [2.24, 2.45) is 0 Å². The lowest BCUT2D eigenvalue weighted by atomic mass is 9.94. The molecule has 0 fully saturated rings. The normalized spacial score (nSPS) is 11.9. The molecular weight excluding hydrogens is 637 g/mol. The van der Waals surface area contributed by atoms with E-state index < -0.39 is 0 Å². The minimum Gasteiger partial charge on any atom is -0.309 e. The Morgan fingerprint density at radius 1 is 0.373 bits per heavy atom.